The quantitative estimate of drug-likeness (QED) is 0.403. The van der Waals surface area contributed by atoms with E-state index in [2.05, 4.69) is 5.29 Å². The standard InChI is InChI=1S/C7H8N2O2.H2O4S/c1-9(8-11)6-2-4-7(10)5-3-6;1-5(2,3)4/h2-5,10H,1H3;(H2,1,2,3,4). The average molecular weight is 250 g/mol. The van der Waals surface area contributed by atoms with Gasteiger partial charge < -0.3 is 5.11 Å². The number of benzene rings is 1. The third-order valence-corrected chi connectivity index (χ3v) is 1.35. The van der Waals surface area contributed by atoms with Crippen LogP contribution >= 0.6 is 0 Å². The third-order valence-electron chi connectivity index (χ3n) is 1.35. The molecular formula is C7H10N2O6S. The van der Waals surface area contributed by atoms with Crippen molar-refractivity contribution >= 4 is 16.1 Å². The predicted molar refractivity (Wildman–Crippen MR) is 56.5 cm³/mol. The molecule has 16 heavy (non-hydrogen) atoms. The van der Waals surface area contributed by atoms with Crippen molar-refractivity contribution in [3.63, 3.8) is 0 Å². The highest BCUT2D eigenvalue weighted by molar-refractivity contribution is 7.79. The Morgan fingerprint density at radius 3 is 1.88 bits per heavy atom. The van der Waals surface area contributed by atoms with Crippen LogP contribution in [0.2, 0.25) is 0 Å². The first kappa shape index (κ1) is 14.3. The van der Waals surface area contributed by atoms with Gasteiger partial charge in [-0.05, 0) is 24.3 Å². The molecule has 0 saturated carbocycles. The second kappa shape index (κ2) is 6.00. The van der Waals surface area contributed by atoms with E-state index in [1.165, 1.54) is 17.1 Å². The van der Waals surface area contributed by atoms with Gasteiger partial charge in [-0.2, -0.15) is 8.42 Å². The lowest BCUT2D eigenvalue weighted by Crippen LogP contribution is -2.05. The third kappa shape index (κ3) is 7.67. The first-order valence-corrected chi connectivity index (χ1v) is 5.19. The summed E-state index contributed by atoms with van der Waals surface area (Å²) in [6.45, 7) is 0. The minimum Gasteiger partial charge on any atom is -0.508 e. The summed E-state index contributed by atoms with van der Waals surface area (Å²) < 4.78 is 31.6. The van der Waals surface area contributed by atoms with Gasteiger partial charge in [-0.15, -0.1) is 4.91 Å². The molecule has 0 radical (unpaired) electrons. The number of hydrogen-bond acceptors (Lipinski definition) is 5. The topological polar surface area (TPSA) is 128 Å². The zero-order valence-electron chi connectivity index (χ0n) is 8.18. The summed E-state index contributed by atoms with van der Waals surface area (Å²) in [5, 5.41) is 12.8. The van der Waals surface area contributed by atoms with E-state index in [1.54, 1.807) is 19.2 Å². The highest BCUT2D eigenvalue weighted by Crippen LogP contribution is 2.16. The molecule has 3 N–H and O–H groups in total. The summed E-state index contributed by atoms with van der Waals surface area (Å²) in [5.41, 5.74) is 0.651. The minimum absolute atomic E-state index is 0.174. The molecule has 0 amide bonds. The van der Waals surface area contributed by atoms with Crippen LogP contribution in [0.5, 0.6) is 5.75 Å². The van der Waals surface area contributed by atoms with Crippen molar-refractivity contribution in [3.8, 4) is 5.75 Å². The number of hydrogen-bond donors (Lipinski definition) is 3. The fourth-order valence-electron chi connectivity index (χ4n) is 0.716. The van der Waals surface area contributed by atoms with Crippen molar-refractivity contribution in [1.82, 2.24) is 0 Å². The molecule has 8 nitrogen and oxygen atoms in total. The van der Waals surface area contributed by atoms with Gasteiger partial charge in [-0.25, -0.2) is 5.01 Å². The number of anilines is 1. The molecule has 1 rings (SSSR count). The molecule has 0 spiro atoms. The van der Waals surface area contributed by atoms with E-state index in [0.717, 1.165) is 0 Å². The number of nitroso groups, excluding NO2 is 1. The van der Waals surface area contributed by atoms with Gasteiger partial charge in [0.15, 0.2) is 0 Å². The molecule has 0 atom stereocenters. The Balaban J connectivity index is 0.000000385. The molecule has 0 bridgehead atoms. The van der Waals surface area contributed by atoms with Gasteiger partial charge in [0.1, 0.15) is 5.75 Å². The summed E-state index contributed by atoms with van der Waals surface area (Å²) >= 11 is 0. The van der Waals surface area contributed by atoms with E-state index in [9.17, 15) is 4.91 Å². The normalized spacial score (nSPS) is 9.94. The zero-order valence-corrected chi connectivity index (χ0v) is 8.99. The van der Waals surface area contributed by atoms with E-state index >= 15 is 0 Å². The van der Waals surface area contributed by atoms with Gasteiger partial charge in [0.2, 0.25) is 0 Å². The fraction of sp³-hybridized carbons (Fsp3) is 0.143. The lowest BCUT2D eigenvalue weighted by Gasteiger charge is -2.06. The lowest BCUT2D eigenvalue weighted by molar-refractivity contribution is 0.381. The van der Waals surface area contributed by atoms with Crippen molar-refractivity contribution in [2.45, 2.75) is 0 Å². The highest BCUT2D eigenvalue weighted by atomic mass is 32.3. The second-order valence-electron chi connectivity index (χ2n) is 2.57. The predicted octanol–water partition coefficient (Wildman–Crippen LogP) is 0.857. The Morgan fingerprint density at radius 2 is 1.56 bits per heavy atom. The molecule has 1 aromatic carbocycles. The van der Waals surface area contributed by atoms with Gasteiger partial charge in [-0.1, -0.05) is 0 Å². The Hall–Kier alpha value is -1.71. The summed E-state index contributed by atoms with van der Waals surface area (Å²) in [4.78, 5) is 10.0. The van der Waals surface area contributed by atoms with Gasteiger partial charge >= 0.3 is 10.4 Å². The SMILES string of the molecule is CN(N=O)c1ccc(O)cc1.O=S(=O)(O)O. The maximum atomic E-state index is 10.0. The summed E-state index contributed by atoms with van der Waals surface area (Å²) in [5.74, 6) is 0.174. The molecule has 1 aromatic rings. The largest absolute Gasteiger partial charge is 0.508 e. The van der Waals surface area contributed by atoms with Crippen LogP contribution in [0.15, 0.2) is 29.6 Å². The Kier molecular flexibility index (Phi) is 5.36. The van der Waals surface area contributed by atoms with Crippen LogP contribution in [0.25, 0.3) is 0 Å². The van der Waals surface area contributed by atoms with Crippen molar-refractivity contribution in [2.75, 3.05) is 12.1 Å². The van der Waals surface area contributed by atoms with Crippen LogP contribution < -0.4 is 5.01 Å². The number of phenols is 1. The van der Waals surface area contributed by atoms with Crippen LogP contribution in [0.4, 0.5) is 5.69 Å². The van der Waals surface area contributed by atoms with E-state index in [4.69, 9.17) is 22.6 Å². The van der Waals surface area contributed by atoms with Crippen LogP contribution in [0.1, 0.15) is 0 Å². The van der Waals surface area contributed by atoms with Crippen LogP contribution in [-0.4, -0.2) is 29.7 Å². The maximum Gasteiger partial charge on any atom is 0.394 e. The Bertz CT molecular complexity index is 421. The molecule has 0 heterocycles. The van der Waals surface area contributed by atoms with Gasteiger partial charge in [0.05, 0.1) is 11.0 Å². The lowest BCUT2D eigenvalue weighted by atomic mass is 10.3. The Labute approximate surface area is 91.7 Å². The molecule has 9 heteroatoms. The van der Waals surface area contributed by atoms with Crippen LogP contribution in [-0.2, 0) is 10.4 Å². The van der Waals surface area contributed by atoms with E-state index in [1.807, 2.05) is 0 Å². The van der Waals surface area contributed by atoms with Crippen molar-refractivity contribution in [1.29, 1.82) is 0 Å². The summed E-state index contributed by atoms with van der Waals surface area (Å²) in [7, 11) is -3.13. The van der Waals surface area contributed by atoms with Crippen molar-refractivity contribution in [3.05, 3.63) is 29.2 Å². The Morgan fingerprint density at radius 1 is 1.19 bits per heavy atom. The van der Waals surface area contributed by atoms with E-state index < -0.39 is 10.4 Å². The van der Waals surface area contributed by atoms with Gasteiger partial charge in [-0.3, -0.25) is 9.11 Å². The van der Waals surface area contributed by atoms with Crippen molar-refractivity contribution in [2.24, 2.45) is 5.29 Å². The fourth-order valence-corrected chi connectivity index (χ4v) is 0.716. The number of nitrogens with zero attached hydrogens (tertiary/aromatic N) is 2. The maximum absolute atomic E-state index is 10.0. The average Bonchev–Trinajstić information content (AvgIpc) is 2.15. The molecule has 0 unspecified atom stereocenters. The first-order chi connectivity index (χ1) is 7.24. The molecular weight excluding hydrogens is 240 g/mol. The number of rotatable bonds is 2. The van der Waals surface area contributed by atoms with Crippen molar-refractivity contribution < 1.29 is 22.6 Å². The van der Waals surface area contributed by atoms with E-state index in [0.29, 0.717) is 5.69 Å². The minimum atomic E-state index is -4.67. The van der Waals surface area contributed by atoms with Crippen LogP contribution in [0, 0.1) is 4.91 Å². The van der Waals surface area contributed by atoms with Gasteiger partial charge in [0, 0.05) is 7.05 Å². The molecule has 90 valence electrons. The zero-order chi connectivity index (χ0) is 12.8. The summed E-state index contributed by atoms with van der Waals surface area (Å²) in [6, 6.07) is 6.21. The second-order valence-corrected chi connectivity index (χ2v) is 3.47. The molecule has 0 aliphatic rings. The monoisotopic (exact) mass is 250 g/mol. The molecule has 0 saturated heterocycles. The number of aromatic hydroxyl groups is 1. The molecule has 0 aromatic heterocycles. The van der Waals surface area contributed by atoms with Crippen LogP contribution in [0.3, 0.4) is 0 Å². The van der Waals surface area contributed by atoms with E-state index in [-0.39, 0.29) is 5.75 Å². The molecule has 0 aliphatic heterocycles. The molecule has 0 fully saturated rings. The number of phenolic OH excluding ortho intramolecular Hbond substituents is 1. The smallest absolute Gasteiger partial charge is 0.394 e. The summed E-state index contributed by atoms with van der Waals surface area (Å²) in [6.07, 6.45) is 0. The highest BCUT2D eigenvalue weighted by Gasteiger charge is 1.97. The molecule has 0 aliphatic carbocycles. The first-order valence-electron chi connectivity index (χ1n) is 3.80. The van der Waals surface area contributed by atoms with Gasteiger partial charge in [0.25, 0.3) is 0 Å².